The van der Waals surface area contributed by atoms with E-state index in [9.17, 15) is 0 Å². The second-order valence-corrected chi connectivity index (χ2v) is 11.9. The number of halogens is 2. The van der Waals surface area contributed by atoms with Crippen LogP contribution in [-0.4, -0.2) is 5.54 Å². The summed E-state index contributed by atoms with van der Waals surface area (Å²) in [5.41, 5.74) is 5.72. The number of aryl methyl sites for hydroxylation is 2. The first-order chi connectivity index (χ1) is 18.5. The molecular formula is C36H49F2N. The molecule has 1 nitrogen and oxygen atoms in total. The minimum absolute atomic E-state index is 0.191. The summed E-state index contributed by atoms with van der Waals surface area (Å²) in [4.78, 5) is 2.19. The van der Waals surface area contributed by atoms with Gasteiger partial charge in [0.15, 0.2) is 0 Å². The summed E-state index contributed by atoms with van der Waals surface area (Å²) < 4.78 is 31.5. The van der Waals surface area contributed by atoms with Crippen LogP contribution >= 0.6 is 0 Å². The molecule has 0 aromatic heterocycles. The Hall–Kier alpha value is -2.68. The Bertz CT molecular complexity index is 1250. The molecule has 0 spiro atoms. The molecule has 0 bridgehead atoms. The lowest BCUT2D eigenvalue weighted by Gasteiger charge is -2.43. The van der Waals surface area contributed by atoms with E-state index in [2.05, 4.69) is 78.5 Å². The molecule has 39 heavy (non-hydrogen) atoms. The van der Waals surface area contributed by atoms with Crippen LogP contribution in [0, 0.1) is 25.5 Å². The molecular weight excluding hydrogens is 484 g/mol. The van der Waals surface area contributed by atoms with Crippen molar-refractivity contribution in [3.8, 4) is 11.1 Å². The maximum Gasteiger partial charge on any atom is 0.147 e. The van der Waals surface area contributed by atoms with Crippen molar-refractivity contribution in [3.05, 3.63) is 82.9 Å². The Morgan fingerprint density at radius 2 is 1.28 bits per heavy atom. The van der Waals surface area contributed by atoms with Crippen molar-refractivity contribution >= 4 is 11.4 Å². The molecule has 3 rings (SSSR count). The summed E-state index contributed by atoms with van der Waals surface area (Å²) in [5.74, 6) is -0.486. The first-order valence-electron chi connectivity index (χ1n) is 15.0. The molecule has 0 aliphatic heterocycles. The van der Waals surface area contributed by atoms with Gasteiger partial charge in [0.2, 0.25) is 0 Å². The lowest BCUT2D eigenvalue weighted by Crippen LogP contribution is -2.43. The van der Waals surface area contributed by atoms with Crippen LogP contribution in [0.15, 0.2) is 54.6 Å². The molecule has 0 aliphatic carbocycles. The largest absolute Gasteiger partial charge is 0.333 e. The average Bonchev–Trinajstić information content (AvgIpc) is 2.93. The van der Waals surface area contributed by atoms with Gasteiger partial charge in [0.05, 0.1) is 5.69 Å². The van der Waals surface area contributed by atoms with E-state index in [0.29, 0.717) is 16.8 Å². The number of rotatable bonds is 13. The lowest BCUT2D eigenvalue weighted by molar-refractivity contribution is 0.385. The van der Waals surface area contributed by atoms with Crippen LogP contribution in [0.25, 0.3) is 11.1 Å². The molecule has 3 aromatic carbocycles. The molecule has 0 amide bonds. The van der Waals surface area contributed by atoms with E-state index in [4.69, 9.17) is 0 Å². The fourth-order valence-corrected chi connectivity index (χ4v) is 5.73. The van der Waals surface area contributed by atoms with Crippen LogP contribution in [0.3, 0.4) is 0 Å². The normalized spacial score (nSPS) is 14.6. The van der Waals surface area contributed by atoms with E-state index in [1.165, 1.54) is 11.1 Å². The van der Waals surface area contributed by atoms with Crippen molar-refractivity contribution in [2.24, 2.45) is 0 Å². The zero-order chi connectivity index (χ0) is 28.8. The van der Waals surface area contributed by atoms with Gasteiger partial charge < -0.3 is 4.90 Å². The van der Waals surface area contributed by atoms with Gasteiger partial charge in [-0.15, -0.1) is 0 Å². The predicted octanol–water partition coefficient (Wildman–Crippen LogP) is 11.6. The topological polar surface area (TPSA) is 3.24 Å². The van der Waals surface area contributed by atoms with Crippen LogP contribution in [0.5, 0.6) is 0 Å². The van der Waals surface area contributed by atoms with E-state index in [1.54, 1.807) is 12.1 Å². The second-order valence-electron chi connectivity index (χ2n) is 11.9. The van der Waals surface area contributed by atoms with Gasteiger partial charge in [0.25, 0.3) is 0 Å². The Morgan fingerprint density at radius 3 is 1.82 bits per heavy atom. The number of benzene rings is 3. The number of hydrogen-bond donors (Lipinski definition) is 0. The quantitative estimate of drug-likeness (QED) is 0.211. The summed E-state index contributed by atoms with van der Waals surface area (Å²) in [7, 11) is 0. The van der Waals surface area contributed by atoms with Gasteiger partial charge in [-0.2, -0.15) is 0 Å². The maximum atomic E-state index is 16.1. The van der Waals surface area contributed by atoms with Gasteiger partial charge in [-0.1, -0.05) is 84.6 Å². The van der Waals surface area contributed by atoms with Crippen molar-refractivity contribution in [1.82, 2.24) is 0 Å². The lowest BCUT2D eigenvalue weighted by atomic mass is 9.75. The fraction of sp³-hybridized carbons (Fsp3) is 0.500. The second kappa shape index (κ2) is 13.1. The summed E-state index contributed by atoms with van der Waals surface area (Å²) in [6.45, 7) is 17.3. The van der Waals surface area contributed by atoms with Crippen molar-refractivity contribution in [1.29, 1.82) is 0 Å². The Kier molecular flexibility index (Phi) is 10.4. The highest BCUT2D eigenvalue weighted by molar-refractivity contribution is 5.72. The highest BCUT2D eigenvalue weighted by Crippen LogP contribution is 2.42. The molecule has 3 aromatic rings. The van der Waals surface area contributed by atoms with E-state index >= 15 is 8.78 Å². The Balaban J connectivity index is 2.06. The van der Waals surface area contributed by atoms with Crippen LogP contribution in [0.1, 0.15) is 110 Å². The van der Waals surface area contributed by atoms with Gasteiger partial charge in [0, 0.05) is 11.2 Å². The van der Waals surface area contributed by atoms with Crippen LogP contribution in [-0.2, 0) is 5.41 Å². The van der Waals surface area contributed by atoms with E-state index < -0.39 is 0 Å². The number of unbranched alkanes of at least 4 members (excludes halogenated alkanes) is 2. The van der Waals surface area contributed by atoms with Gasteiger partial charge >= 0.3 is 0 Å². The molecule has 3 heteroatoms. The van der Waals surface area contributed by atoms with Gasteiger partial charge in [-0.05, 0) is 110 Å². The van der Waals surface area contributed by atoms with Gasteiger partial charge in [-0.3, -0.25) is 0 Å². The first-order valence-corrected chi connectivity index (χ1v) is 15.0. The standard InChI is InChI=1S/C36H49F2N/c1-9-13-21-35(7,11-3)31-19-16-28(24-32(31)37)29-17-20-34(33(38)25-29)39(36(8,12-4)22-14-10-2)30-18-15-26(5)27(6)23-30/h15-20,23-25H,9-14,21-22H2,1-8H3. The smallest absolute Gasteiger partial charge is 0.147 e. The summed E-state index contributed by atoms with van der Waals surface area (Å²) in [6, 6.07) is 17.2. The third kappa shape index (κ3) is 6.73. The van der Waals surface area contributed by atoms with Gasteiger partial charge in [0.1, 0.15) is 11.6 Å². The average molecular weight is 534 g/mol. The van der Waals surface area contributed by atoms with Crippen LogP contribution in [0.2, 0.25) is 0 Å². The first kappa shape index (κ1) is 30.9. The summed E-state index contributed by atoms with van der Waals surface area (Å²) >= 11 is 0. The molecule has 2 atom stereocenters. The highest BCUT2D eigenvalue weighted by Gasteiger charge is 2.33. The monoisotopic (exact) mass is 533 g/mol. The molecule has 0 radical (unpaired) electrons. The summed E-state index contributed by atoms with van der Waals surface area (Å²) in [5, 5.41) is 0. The van der Waals surface area contributed by atoms with Crippen molar-refractivity contribution in [2.75, 3.05) is 4.90 Å². The van der Waals surface area contributed by atoms with Crippen LogP contribution in [0.4, 0.5) is 20.2 Å². The third-order valence-corrected chi connectivity index (χ3v) is 9.12. The molecule has 212 valence electrons. The molecule has 0 heterocycles. The highest BCUT2D eigenvalue weighted by atomic mass is 19.1. The third-order valence-electron chi connectivity index (χ3n) is 9.12. The zero-order valence-electron chi connectivity index (χ0n) is 25.6. The van der Waals surface area contributed by atoms with E-state index in [1.807, 2.05) is 24.3 Å². The Labute approximate surface area is 236 Å². The van der Waals surface area contributed by atoms with Crippen molar-refractivity contribution < 1.29 is 8.78 Å². The predicted molar refractivity (Wildman–Crippen MR) is 165 cm³/mol. The molecule has 0 aliphatic rings. The van der Waals surface area contributed by atoms with Crippen molar-refractivity contribution in [3.63, 3.8) is 0 Å². The number of nitrogens with zero attached hydrogens (tertiary/aromatic N) is 1. The van der Waals surface area contributed by atoms with Crippen LogP contribution < -0.4 is 4.90 Å². The molecule has 0 saturated carbocycles. The fourth-order valence-electron chi connectivity index (χ4n) is 5.73. The minimum Gasteiger partial charge on any atom is -0.333 e. The minimum atomic E-state index is -0.285. The Morgan fingerprint density at radius 1 is 0.667 bits per heavy atom. The van der Waals surface area contributed by atoms with Gasteiger partial charge in [-0.25, -0.2) is 8.78 Å². The number of anilines is 2. The van der Waals surface area contributed by atoms with E-state index in [-0.39, 0.29) is 22.6 Å². The maximum absolute atomic E-state index is 16.1. The van der Waals surface area contributed by atoms with Crippen molar-refractivity contribution in [2.45, 2.75) is 118 Å². The van der Waals surface area contributed by atoms with E-state index in [0.717, 1.165) is 62.6 Å². The summed E-state index contributed by atoms with van der Waals surface area (Å²) in [6.07, 6.45) is 8.04. The molecule has 0 N–H and O–H groups in total. The zero-order valence-corrected chi connectivity index (χ0v) is 25.6. The molecule has 2 unspecified atom stereocenters. The SMILES string of the molecule is CCCCC(C)(CC)c1ccc(-c2ccc(N(c3ccc(C)c(C)c3)C(C)(CC)CCCC)c(F)c2)cc1F. The molecule has 0 fully saturated rings. The number of hydrogen-bond acceptors (Lipinski definition) is 1. The molecule has 0 saturated heterocycles.